The van der Waals surface area contributed by atoms with Crippen LogP contribution in [0.2, 0.25) is 0 Å². The van der Waals surface area contributed by atoms with Crippen molar-refractivity contribution in [2.75, 3.05) is 19.5 Å². The van der Waals surface area contributed by atoms with Crippen LogP contribution in [-0.4, -0.2) is 24.2 Å². The van der Waals surface area contributed by atoms with Crippen LogP contribution in [0.4, 0.5) is 0 Å². The van der Waals surface area contributed by atoms with Crippen LogP contribution < -0.4 is 0 Å². The first kappa shape index (κ1) is 10.9. The zero-order chi connectivity index (χ0) is 8.74. The molecule has 0 atom stereocenters. The molecule has 0 bridgehead atoms. The predicted octanol–water partition coefficient (Wildman–Crippen LogP) is 2.17. The van der Waals surface area contributed by atoms with E-state index in [2.05, 4.69) is 32.6 Å². The average Bonchev–Trinajstić information content (AvgIpc) is 1.85. The molecule has 64 valence electrons. The van der Waals surface area contributed by atoms with E-state index in [1.54, 1.807) is 7.11 Å². The Kier molecular flexibility index (Phi) is 5.45. The third-order valence-electron chi connectivity index (χ3n) is 0.919. The van der Waals surface area contributed by atoms with Crippen LogP contribution in [-0.2, 0) is 4.74 Å². The van der Waals surface area contributed by atoms with Crippen molar-refractivity contribution >= 4 is 11.8 Å². The summed E-state index contributed by atoms with van der Waals surface area (Å²) in [6.07, 6.45) is 0. The zero-order valence-electron chi connectivity index (χ0n) is 7.73. The third-order valence-corrected chi connectivity index (χ3v) is 2.07. The molecule has 0 rings (SSSR count). The zero-order valence-corrected chi connectivity index (χ0v) is 8.55. The summed E-state index contributed by atoms with van der Waals surface area (Å²) >= 11 is 1.85. The number of ether oxygens (including phenoxy) is 1. The minimum Gasteiger partial charge on any atom is -0.372 e. The van der Waals surface area contributed by atoms with Crippen molar-refractivity contribution in [1.82, 2.24) is 0 Å². The molecular weight excluding hydrogens is 156 g/mol. The molecule has 0 amide bonds. The first-order chi connectivity index (χ1) is 5.06. The highest BCUT2D eigenvalue weighted by Gasteiger charge is 2.07. The smallest absolute Gasteiger partial charge is 0.107 e. The quantitative estimate of drug-likeness (QED) is 0.590. The van der Waals surface area contributed by atoms with Crippen molar-refractivity contribution in [3.05, 3.63) is 0 Å². The summed E-state index contributed by atoms with van der Waals surface area (Å²) in [6, 6.07) is 0. The Morgan fingerprint density at radius 1 is 1.27 bits per heavy atom. The molecule has 0 radical (unpaired) electrons. The van der Waals surface area contributed by atoms with E-state index in [9.17, 15) is 0 Å². The molecule has 0 heterocycles. The van der Waals surface area contributed by atoms with Crippen molar-refractivity contribution in [2.24, 2.45) is 0 Å². The van der Waals surface area contributed by atoms with Crippen LogP contribution in [0.1, 0.15) is 20.8 Å². The number of thioether (sulfide) groups is 1. The van der Waals surface area contributed by atoms with Crippen molar-refractivity contribution in [1.29, 1.82) is 0 Å². The Bertz CT molecular complexity index is 147. The Labute approximate surface area is 73.9 Å². The summed E-state index contributed by atoms with van der Waals surface area (Å²) < 4.78 is 5.11. The Morgan fingerprint density at radius 2 is 1.91 bits per heavy atom. The van der Waals surface area contributed by atoms with Crippen LogP contribution in [0.5, 0.6) is 0 Å². The van der Waals surface area contributed by atoms with Gasteiger partial charge in [-0.05, 0) is 0 Å². The summed E-state index contributed by atoms with van der Waals surface area (Å²) in [7, 11) is 1.66. The van der Waals surface area contributed by atoms with Gasteiger partial charge < -0.3 is 4.74 Å². The van der Waals surface area contributed by atoms with Gasteiger partial charge >= 0.3 is 0 Å². The second kappa shape index (κ2) is 5.51. The Balaban J connectivity index is 3.36. The van der Waals surface area contributed by atoms with Gasteiger partial charge in [-0.1, -0.05) is 32.6 Å². The van der Waals surface area contributed by atoms with Crippen molar-refractivity contribution in [3.8, 4) is 11.8 Å². The highest BCUT2D eigenvalue weighted by atomic mass is 32.2. The first-order valence-electron chi connectivity index (χ1n) is 3.65. The van der Waals surface area contributed by atoms with Gasteiger partial charge in [-0.2, -0.15) is 0 Å². The van der Waals surface area contributed by atoms with Gasteiger partial charge in [-0.3, -0.25) is 0 Å². The normalized spacial score (nSPS) is 10.5. The van der Waals surface area contributed by atoms with Gasteiger partial charge in [0.05, 0.1) is 5.75 Å². The number of hydrogen-bond donors (Lipinski definition) is 0. The average molecular weight is 172 g/mol. The van der Waals surface area contributed by atoms with Gasteiger partial charge in [0, 0.05) is 11.9 Å². The predicted molar refractivity (Wildman–Crippen MR) is 51.9 cm³/mol. The summed E-state index contributed by atoms with van der Waals surface area (Å²) in [4.78, 5) is 0. The maximum Gasteiger partial charge on any atom is 0.107 e. The molecule has 0 spiro atoms. The lowest BCUT2D eigenvalue weighted by atomic mass is 10.3. The molecule has 2 heteroatoms. The van der Waals surface area contributed by atoms with E-state index in [1.165, 1.54) is 0 Å². The minimum absolute atomic E-state index is 0.321. The summed E-state index contributed by atoms with van der Waals surface area (Å²) in [5.41, 5.74) is 0. The second-order valence-electron chi connectivity index (χ2n) is 3.19. The highest BCUT2D eigenvalue weighted by molar-refractivity contribution is 8.00. The van der Waals surface area contributed by atoms with Gasteiger partial charge in [-0.25, -0.2) is 0 Å². The lowest BCUT2D eigenvalue weighted by molar-refractivity contribution is 0.240. The van der Waals surface area contributed by atoms with Crippen LogP contribution in [0, 0.1) is 11.8 Å². The van der Waals surface area contributed by atoms with E-state index in [0.29, 0.717) is 11.4 Å². The van der Waals surface area contributed by atoms with E-state index >= 15 is 0 Å². The SMILES string of the molecule is COCC#CCSC(C)(C)C. The van der Waals surface area contributed by atoms with Gasteiger partial charge in [0.25, 0.3) is 0 Å². The lowest BCUT2D eigenvalue weighted by Gasteiger charge is -2.14. The minimum atomic E-state index is 0.321. The number of methoxy groups -OCH3 is 1. The van der Waals surface area contributed by atoms with Gasteiger partial charge in [0.15, 0.2) is 0 Å². The molecule has 11 heavy (non-hydrogen) atoms. The molecular formula is C9H16OS. The van der Waals surface area contributed by atoms with E-state index in [-0.39, 0.29) is 0 Å². The summed E-state index contributed by atoms with van der Waals surface area (Å²) in [6.45, 7) is 7.12. The molecule has 0 unspecified atom stereocenters. The molecule has 0 saturated heterocycles. The molecule has 0 aliphatic rings. The van der Waals surface area contributed by atoms with E-state index < -0.39 is 0 Å². The van der Waals surface area contributed by atoms with E-state index in [0.717, 1.165) is 5.75 Å². The topological polar surface area (TPSA) is 9.23 Å². The van der Waals surface area contributed by atoms with Crippen LogP contribution in [0.3, 0.4) is 0 Å². The molecule has 0 N–H and O–H groups in total. The molecule has 0 fully saturated rings. The molecule has 0 aromatic heterocycles. The van der Waals surface area contributed by atoms with Crippen molar-refractivity contribution in [3.63, 3.8) is 0 Å². The Morgan fingerprint density at radius 3 is 2.36 bits per heavy atom. The molecule has 0 aliphatic carbocycles. The fraction of sp³-hybridized carbons (Fsp3) is 0.778. The van der Waals surface area contributed by atoms with Gasteiger partial charge in [0.1, 0.15) is 6.61 Å². The van der Waals surface area contributed by atoms with E-state index in [1.807, 2.05) is 11.8 Å². The van der Waals surface area contributed by atoms with Gasteiger partial charge in [0.2, 0.25) is 0 Å². The standard InChI is InChI=1S/C9H16OS/c1-9(2,3)11-8-6-5-7-10-4/h7-8H2,1-4H3. The molecule has 0 aliphatic heterocycles. The lowest BCUT2D eigenvalue weighted by Crippen LogP contribution is -2.07. The Hall–Kier alpha value is -0.130. The van der Waals surface area contributed by atoms with Crippen molar-refractivity contribution < 1.29 is 4.74 Å². The molecule has 0 aromatic rings. The van der Waals surface area contributed by atoms with Crippen LogP contribution >= 0.6 is 11.8 Å². The fourth-order valence-corrected chi connectivity index (χ4v) is 1.03. The van der Waals surface area contributed by atoms with Gasteiger partial charge in [-0.15, -0.1) is 11.8 Å². The maximum atomic E-state index is 4.79. The summed E-state index contributed by atoms with van der Waals surface area (Å²) in [5, 5.41) is 0. The van der Waals surface area contributed by atoms with Crippen molar-refractivity contribution in [2.45, 2.75) is 25.5 Å². The van der Waals surface area contributed by atoms with Crippen LogP contribution in [0.25, 0.3) is 0 Å². The first-order valence-corrected chi connectivity index (χ1v) is 4.63. The second-order valence-corrected chi connectivity index (χ2v) is 4.99. The number of hydrogen-bond acceptors (Lipinski definition) is 2. The molecule has 1 nitrogen and oxygen atoms in total. The molecule has 0 saturated carbocycles. The van der Waals surface area contributed by atoms with E-state index in [4.69, 9.17) is 4.74 Å². The third kappa shape index (κ3) is 9.87. The summed E-state index contributed by atoms with van der Waals surface area (Å²) in [5.74, 6) is 6.84. The van der Waals surface area contributed by atoms with Crippen LogP contribution in [0.15, 0.2) is 0 Å². The fourth-order valence-electron chi connectivity index (χ4n) is 0.427. The molecule has 0 aromatic carbocycles. The number of rotatable bonds is 2. The largest absolute Gasteiger partial charge is 0.372 e. The monoisotopic (exact) mass is 172 g/mol. The highest BCUT2D eigenvalue weighted by Crippen LogP contribution is 2.21. The maximum absolute atomic E-state index is 4.79.